The van der Waals surface area contributed by atoms with Crippen LogP contribution in [0.15, 0.2) is 22.7 Å². The molecular formula is C10H9BrO2. The van der Waals surface area contributed by atoms with Crippen molar-refractivity contribution >= 4 is 15.9 Å². The van der Waals surface area contributed by atoms with Crippen molar-refractivity contribution in [3.63, 3.8) is 0 Å². The Morgan fingerprint density at radius 2 is 2.08 bits per heavy atom. The van der Waals surface area contributed by atoms with Gasteiger partial charge in [0.2, 0.25) is 0 Å². The molecule has 0 N–H and O–H groups in total. The Bertz CT molecular complexity index is 358. The van der Waals surface area contributed by atoms with Gasteiger partial charge in [-0.2, -0.15) is 0 Å². The first-order valence-electron chi connectivity index (χ1n) is 4.39. The van der Waals surface area contributed by atoms with Crippen LogP contribution < -0.4 is 9.47 Å². The number of fused-ring (bicyclic) bond motifs is 1. The zero-order chi connectivity index (χ0) is 8.89. The van der Waals surface area contributed by atoms with E-state index in [-0.39, 0.29) is 5.60 Å². The summed E-state index contributed by atoms with van der Waals surface area (Å²) in [7, 11) is 0. The smallest absolute Gasteiger partial charge is 0.163 e. The summed E-state index contributed by atoms with van der Waals surface area (Å²) in [4.78, 5) is 0. The van der Waals surface area contributed by atoms with Gasteiger partial charge in [-0.1, -0.05) is 15.9 Å². The van der Waals surface area contributed by atoms with E-state index in [1.54, 1.807) is 0 Å². The van der Waals surface area contributed by atoms with Gasteiger partial charge in [0, 0.05) is 4.47 Å². The van der Waals surface area contributed by atoms with E-state index in [9.17, 15) is 0 Å². The molecule has 0 amide bonds. The van der Waals surface area contributed by atoms with Crippen molar-refractivity contribution in [3.8, 4) is 11.5 Å². The minimum absolute atomic E-state index is 0.0216. The zero-order valence-electron chi connectivity index (χ0n) is 7.05. The highest BCUT2D eigenvalue weighted by Crippen LogP contribution is 2.47. The minimum Gasteiger partial charge on any atom is -0.486 e. The van der Waals surface area contributed by atoms with Crippen LogP contribution in [0.2, 0.25) is 0 Å². The summed E-state index contributed by atoms with van der Waals surface area (Å²) in [6.07, 6.45) is 2.25. The monoisotopic (exact) mass is 240 g/mol. The van der Waals surface area contributed by atoms with Gasteiger partial charge >= 0.3 is 0 Å². The molecule has 0 atom stereocenters. The molecule has 1 saturated carbocycles. The average Bonchev–Trinajstić information content (AvgIpc) is 2.84. The van der Waals surface area contributed by atoms with Crippen LogP contribution >= 0.6 is 15.9 Å². The molecule has 1 aromatic rings. The number of benzene rings is 1. The van der Waals surface area contributed by atoms with Crippen LogP contribution in [0.3, 0.4) is 0 Å². The first-order chi connectivity index (χ1) is 6.27. The maximum absolute atomic E-state index is 5.86. The summed E-state index contributed by atoms with van der Waals surface area (Å²) >= 11 is 3.41. The van der Waals surface area contributed by atoms with Gasteiger partial charge in [-0.25, -0.2) is 0 Å². The number of hydrogen-bond acceptors (Lipinski definition) is 2. The Balaban J connectivity index is 2.02. The van der Waals surface area contributed by atoms with Gasteiger partial charge < -0.3 is 9.47 Å². The normalized spacial score (nSPS) is 21.6. The highest BCUT2D eigenvalue weighted by molar-refractivity contribution is 9.10. The molecule has 0 radical (unpaired) electrons. The molecular weight excluding hydrogens is 232 g/mol. The van der Waals surface area contributed by atoms with E-state index >= 15 is 0 Å². The maximum Gasteiger partial charge on any atom is 0.163 e. The molecule has 3 rings (SSSR count). The SMILES string of the molecule is Brc1ccc2c(c1)OC1(CC1)CO2. The first-order valence-corrected chi connectivity index (χ1v) is 5.18. The fourth-order valence-corrected chi connectivity index (χ4v) is 1.88. The minimum atomic E-state index is 0.0216. The summed E-state index contributed by atoms with van der Waals surface area (Å²) in [6, 6.07) is 5.87. The molecule has 1 heterocycles. The van der Waals surface area contributed by atoms with E-state index in [1.165, 1.54) is 0 Å². The molecule has 1 fully saturated rings. The lowest BCUT2D eigenvalue weighted by Gasteiger charge is -2.26. The van der Waals surface area contributed by atoms with E-state index < -0.39 is 0 Å². The van der Waals surface area contributed by atoms with Crippen LogP contribution in [0, 0.1) is 0 Å². The molecule has 0 bridgehead atoms. The lowest BCUT2D eigenvalue weighted by Crippen LogP contribution is -2.30. The molecule has 0 saturated heterocycles. The Labute approximate surface area is 85.0 Å². The fourth-order valence-electron chi connectivity index (χ4n) is 1.54. The highest BCUT2D eigenvalue weighted by Gasteiger charge is 2.49. The van der Waals surface area contributed by atoms with Crippen molar-refractivity contribution in [2.45, 2.75) is 18.4 Å². The largest absolute Gasteiger partial charge is 0.486 e. The molecule has 0 aromatic heterocycles. The Kier molecular flexibility index (Phi) is 1.42. The van der Waals surface area contributed by atoms with Crippen LogP contribution in [-0.2, 0) is 0 Å². The topological polar surface area (TPSA) is 18.5 Å². The van der Waals surface area contributed by atoms with Crippen LogP contribution in [0.4, 0.5) is 0 Å². The average molecular weight is 241 g/mol. The van der Waals surface area contributed by atoms with Gasteiger partial charge in [-0.3, -0.25) is 0 Å². The summed E-state index contributed by atoms with van der Waals surface area (Å²) in [6.45, 7) is 0.710. The van der Waals surface area contributed by atoms with E-state index in [0.717, 1.165) is 28.8 Å². The standard InChI is InChI=1S/C10H9BrO2/c11-7-1-2-8-9(5-7)13-10(3-4-10)6-12-8/h1-2,5H,3-4,6H2. The van der Waals surface area contributed by atoms with Crippen LogP contribution in [0.5, 0.6) is 11.5 Å². The van der Waals surface area contributed by atoms with Gasteiger partial charge in [0.1, 0.15) is 12.2 Å². The Morgan fingerprint density at radius 3 is 2.85 bits per heavy atom. The van der Waals surface area contributed by atoms with Crippen molar-refractivity contribution in [2.24, 2.45) is 0 Å². The lowest BCUT2D eigenvalue weighted by atomic mass is 10.2. The molecule has 1 aliphatic carbocycles. The van der Waals surface area contributed by atoms with Gasteiger partial charge in [-0.15, -0.1) is 0 Å². The quantitative estimate of drug-likeness (QED) is 0.695. The molecule has 1 spiro atoms. The van der Waals surface area contributed by atoms with Crippen molar-refractivity contribution in [1.29, 1.82) is 0 Å². The molecule has 3 heteroatoms. The molecule has 1 aromatic carbocycles. The molecule has 2 nitrogen and oxygen atoms in total. The third-order valence-electron chi connectivity index (χ3n) is 2.53. The predicted octanol–water partition coefficient (Wildman–Crippen LogP) is 2.75. The molecule has 68 valence electrons. The second-order valence-corrected chi connectivity index (χ2v) is 4.58. The Hall–Kier alpha value is -0.700. The van der Waals surface area contributed by atoms with Crippen molar-refractivity contribution in [3.05, 3.63) is 22.7 Å². The van der Waals surface area contributed by atoms with Crippen molar-refractivity contribution < 1.29 is 9.47 Å². The first kappa shape index (κ1) is 7.68. The second-order valence-electron chi connectivity index (χ2n) is 3.66. The van der Waals surface area contributed by atoms with Crippen molar-refractivity contribution in [2.75, 3.05) is 6.61 Å². The lowest BCUT2D eigenvalue weighted by molar-refractivity contribution is 0.0717. The summed E-state index contributed by atoms with van der Waals surface area (Å²) in [5.74, 6) is 1.74. The second kappa shape index (κ2) is 2.41. The van der Waals surface area contributed by atoms with Gasteiger partial charge in [0.05, 0.1) is 0 Å². The van der Waals surface area contributed by atoms with Gasteiger partial charge in [0.15, 0.2) is 11.5 Å². The molecule has 1 aliphatic heterocycles. The summed E-state index contributed by atoms with van der Waals surface area (Å²) in [5, 5.41) is 0. The van der Waals surface area contributed by atoms with Gasteiger partial charge in [-0.05, 0) is 31.0 Å². The zero-order valence-corrected chi connectivity index (χ0v) is 8.63. The fraction of sp³-hybridized carbons (Fsp3) is 0.400. The highest BCUT2D eigenvalue weighted by atomic mass is 79.9. The van der Waals surface area contributed by atoms with E-state index in [0.29, 0.717) is 6.61 Å². The third kappa shape index (κ3) is 1.22. The molecule has 13 heavy (non-hydrogen) atoms. The summed E-state index contributed by atoms with van der Waals surface area (Å²) < 4.78 is 12.5. The Morgan fingerprint density at radius 1 is 1.23 bits per heavy atom. The number of rotatable bonds is 0. The van der Waals surface area contributed by atoms with E-state index in [2.05, 4.69) is 15.9 Å². The van der Waals surface area contributed by atoms with E-state index in [4.69, 9.17) is 9.47 Å². The van der Waals surface area contributed by atoms with Gasteiger partial charge in [0.25, 0.3) is 0 Å². The predicted molar refractivity (Wildman–Crippen MR) is 52.2 cm³/mol. The third-order valence-corrected chi connectivity index (χ3v) is 3.02. The number of halogens is 1. The number of ether oxygens (including phenoxy) is 2. The molecule has 0 unspecified atom stereocenters. The van der Waals surface area contributed by atoms with Crippen LogP contribution in [-0.4, -0.2) is 12.2 Å². The molecule has 2 aliphatic rings. The van der Waals surface area contributed by atoms with E-state index in [1.807, 2.05) is 18.2 Å². The van der Waals surface area contributed by atoms with Crippen LogP contribution in [0.1, 0.15) is 12.8 Å². The van der Waals surface area contributed by atoms with Crippen LogP contribution in [0.25, 0.3) is 0 Å². The summed E-state index contributed by atoms with van der Waals surface area (Å²) in [5.41, 5.74) is 0.0216. The van der Waals surface area contributed by atoms with Crippen molar-refractivity contribution in [1.82, 2.24) is 0 Å². The maximum atomic E-state index is 5.86. The number of hydrogen-bond donors (Lipinski definition) is 0.